The third-order valence-electron chi connectivity index (χ3n) is 5.53. The first-order valence-electron chi connectivity index (χ1n) is 9.71. The fourth-order valence-electron chi connectivity index (χ4n) is 3.91. The topological polar surface area (TPSA) is 117 Å². The van der Waals surface area contributed by atoms with Crippen molar-refractivity contribution in [2.75, 3.05) is 6.61 Å². The fourth-order valence-corrected chi connectivity index (χ4v) is 5.13. The Morgan fingerprint density at radius 2 is 1.81 bits per heavy atom. The van der Waals surface area contributed by atoms with Crippen LogP contribution in [0.4, 0.5) is 0 Å². The van der Waals surface area contributed by atoms with Crippen molar-refractivity contribution in [2.45, 2.75) is 36.6 Å². The second-order valence-corrected chi connectivity index (χ2v) is 8.75. The highest BCUT2D eigenvalue weighted by Crippen LogP contribution is 2.44. The van der Waals surface area contributed by atoms with Crippen molar-refractivity contribution in [3.05, 3.63) is 75.0 Å². The van der Waals surface area contributed by atoms with Crippen LogP contribution in [-0.4, -0.2) is 62.6 Å². The minimum absolute atomic E-state index is 0.270. The largest absolute Gasteiger partial charge is 0.394 e. The van der Waals surface area contributed by atoms with Crippen LogP contribution in [0.2, 0.25) is 0 Å². The lowest BCUT2D eigenvalue weighted by Crippen LogP contribution is -2.62. The number of nitrogens with zero attached hydrogens (tertiary/aromatic N) is 2. The maximum Gasteiger partial charge on any atom is 0.164 e. The molecule has 1 saturated heterocycles. The van der Waals surface area contributed by atoms with Crippen LogP contribution in [0.5, 0.6) is 0 Å². The molecule has 0 aliphatic carbocycles. The Labute approximate surface area is 189 Å². The second-order valence-electron chi connectivity index (χ2n) is 7.35. The van der Waals surface area contributed by atoms with Crippen molar-refractivity contribution in [2.24, 2.45) is 0 Å². The van der Waals surface area contributed by atoms with Gasteiger partial charge in [-0.05, 0) is 23.1 Å². The maximum absolute atomic E-state index is 10.7. The van der Waals surface area contributed by atoms with Gasteiger partial charge in [0.05, 0.1) is 29.2 Å². The quantitative estimate of drug-likeness (QED) is 0.442. The van der Waals surface area contributed by atoms with Gasteiger partial charge in [0.1, 0.15) is 24.4 Å². The number of hydrogen-bond donors (Lipinski definition) is 5. The summed E-state index contributed by atoms with van der Waals surface area (Å²) in [4.78, 5) is 2.51. The number of aliphatic hydroxyl groups is 4. The normalized spacial score (nSPS) is 31.4. The molecule has 1 aromatic carbocycles. The first kappa shape index (κ1) is 22.0. The van der Waals surface area contributed by atoms with Crippen LogP contribution in [0.3, 0.4) is 0 Å². The number of benzene rings is 1. The zero-order valence-corrected chi connectivity index (χ0v) is 18.0. The molecule has 2 aromatic rings. The van der Waals surface area contributed by atoms with Gasteiger partial charge in [-0.1, -0.05) is 36.4 Å². The smallest absolute Gasteiger partial charge is 0.164 e. The van der Waals surface area contributed by atoms with Crippen LogP contribution >= 0.6 is 24.0 Å². The molecular weight excluding hydrogens is 436 g/mol. The molecule has 0 spiro atoms. The standard InChI is InChI=1S/C22H22N2O5S2/c23-10-14-13(17-7-4-8-31-17)9-15(12-5-2-1-3-6-12)24(22(14)30)21-20(28)19(27)18(26)16(11-25)29-21/h1-9,13,16,18-21,25-28,30H,11H2/t13-,16+,18-,19-,20-,21+/m1/s1. The van der Waals surface area contributed by atoms with Gasteiger partial charge in [-0.3, -0.25) is 0 Å². The Morgan fingerprint density at radius 3 is 2.42 bits per heavy atom. The molecule has 0 bridgehead atoms. The molecule has 31 heavy (non-hydrogen) atoms. The second kappa shape index (κ2) is 9.14. The number of thiophene rings is 1. The zero-order valence-electron chi connectivity index (χ0n) is 16.3. The highest BCUT2D eigenvalue weighted by Gasteiger charge is 2.48. The summed E-state index contributed by atoms with van der Waals surface area (Å²) in [6.45, 7) is -0.547. The molecule has 1 fully saturated rings. The first-order chi connectivity index (χ1) is 15.0. The number of hydrogen-bond acceptors (Lipinski definition) is 9. The van der Waals surface area contributed by atoms with Crippen molar-refractivity contribution in [1.29, 1.82) is 5.26 Å². The molecule has 0 radical (unpaired) electrons. The number of rotatable bonds is 4. The molecule has 9 heteroatoms. The van der Waals surface area contributed by atoms with E-state index in [-0.39, 0.29) is 10.9 Å². The Hall–Kier alpha value is -2.16. The molecule has 4 rings (SSSR count). The van der Waals surface area contributed by atoms with E-state index in [2.05, 4.69) is 18.7 Å². The van der Waals surface area contributed by atoms with Crippen LogP contribution in [0.25, 0.3) is 5.70 Å². The van der Waals surface area contributed by atoms with Gasteiger partial charge in [0.2, 0.25) is 0 Å². The molecule has 2 aliphatic heterocycles. The SMILES string of the molecule is N#CC1=C(S)N([C@H]2O[C@@H](CO)[C@@H](O)[C@@H](O)[C@H]2O)C(c2ccccc2)=C[C@H]1c1cccs1. The molecule has 0 saturated carbocycles. The van der Waals surface area contributed by atoms with Gasteiger partial charge in [0.15, 0.2) is 6.23 Å². The van der Waals surface area contributed by atoms with Crippen LogP contribution in [-0.2, 0) is 4.74 Å². The monoisotopic (exact) mass is 458 g/mol. The average molecular weight is 459 g/mol. The van der Waals surface area contributed by atoms with Gasteiger partial charge in [0, 0.05) is 10.6 Å². The van der Waals surface area contributed by atoms with Gasteiger partial charge in [-0.15, -0.1) is 24.0 Å². The van der Waals surface area contributed by atoms with Crippen LogP contribution in [0.15, 0.2) is 64.5 Å². The minimum Gasteiger partial charge on any atom is -0.394 e. The highest BCUT2D eigenvalue weighted by atomic mass is 32.1. The van der Waals surface area contributed by atoms with Crippen LogP contribution in [0.1, 0.15) is 16.4 Å². The molecule has 7 nitrogen and oxygen atoms in total. The van der Waals surface area contributed by atoms with Gasteiger partial charge < -0.3 is 30.1 Å². The Kier molecular flexibility index (Phi) is 6.50. The van der Waals surface area contributed by atoms with E-state index in [4.69, 9.17) is 4.74 Å². The summed E-state index contributed by atoms with van der Waals surface area (Å²) in [7, 11) is 0. The van der Waals surface area contributed by atoms with Gasteiger partial charge in [-0.25, -0.2) is 0 Å². The molecule has 0 amide bonds. The van der Waals surface area contributed by atoms with E-state index in [0.29, 0.717) is 11.3 Å². The Morgan fingerprint density at radius 1 is 1.06 bits per heavy atom. The lowest BCUT2D eigenvalue weighted by atomic mass is 9.90. The molecule has 0 unspecified atom stereocenters. The van der Waals surface area contributed by atoms with Gasteiger partial charge in [0.25, 0.3) is 0 Å². The van der Waals surface area contributed by atoms with E-state index in [1.165, 1.54) is 11.3 Å². The van der Waals surface area contributed by atoms with Gasteiger partial charge >= 0.3 is 0 Å². The Balaban J connectivity index is 1.86. The fraction of sp³-hybridized carbons (Fsp3) is 0.318. The maximum atomic E-state index is 10.7. The highest BCUT2D eigenvalue weighted by molar-refractivity contribution is 7.84. The van der Waals surface area contributed by atoms with Gasteiger partial charge in [-0.2, -0.15) is 5.26 Å². The van der Waals surface area contributed by atoms with Crippen LogP contribution < -0.4 is 0 Å². The summed E-state index contributed by atoms with van der Waals surface area (Å²) in [5, 5.41) is 53.0. The lowest BCUT2D eigenvalue weighted by Gasteiger charge is -2.47. The number of nitriles is 1. The summed E-state index contributed by atoms with van der Waals surface area (Å²) in [5.41, 5.74) is 1.79. The third-order valence-corrected chi connectivity index (χ3v) is 6.94. The molecule has 4 N–H and O–H groups in total. The van der Waals surface area contributed by atoms with Crippen molar-refractivity contribution in [3.63, 3.8) is 0 Å². The van der Waals surface area contributed by atoms with Crippen molar-refractivity contribution in [1.82, 2.24) is 4.90 Å². The predicted molar refractivity (Wildman–Crippen MR) is 119 cm³/mol. The summed E-state index contributed by atoms with van der Waals surface area (Å²) in [6, 6.07) is 15.4. The number of ether oxygens (including phenoxy) is 1. The van der Waals surface area contributed by atoms with E-state index in [1.54, 1.807) is 4.90 Å². The van der Waals surface area contributed by atoms with E-state index in [1.807, 2.05) is 53.9 Å². The summed E-state index contributed by atoms with van der Waals surface area (Å²) >= 11 is 6.16. The average Bonchev–Trinajstić information content (AvgIpc) is 3.33. The van der Waals surface area contributed by atoms with E-state index in [0.717, 1.165) is 10.4 Å². The van der Waals surface area contributed by atoms with E-state index >= 15 is 0 Å². The molecule has 2 aliphatic rings. The molecule has 162 valence electrons. The number of thiol groups is 1. The van der Waals surface area contributed by atoms with Crippen molar-refractivity contribution >= 4 is 29.7 Å². The summed E-state index contributed by atoms with van der Waals surface area (Å²) in [6.07, 6.45) is -4.89. The number of aliphatic hydroxyl groups excluding tert-OH is 4. The predicted octanol–water partition coefficient (Wildman–Crippen LogP) is 1.65. The van der Waals surface area contributed by atoms with Crippen molar-refractivity contribution in [3.8, 4) is 6.07 Å². The molecule has 6 atom stereocenters. The molecule has 3 heterocycles. The lowest BCUT2D eigenvalue weighted by molar-refractivity contribution is -0.252. The first-order valence-corrected chi connectivity index (χ1v) is 11.0. The third kappa shape index (κ3) is 3.92. The minimum atomic E-state index is -1.55. The van der Waals surface area contributed by atoms with E-state index < -0.39 is 37.3 Å². The molecular formula is C22H22N2O5S2. The van der Waals surface area contributed by atoms with Crippen molar-refractivity contribution < 1.29 is 25.2 Å². The zero-order chi connectivity index (χ0) is 22.1. The summed E-state index contributed by atoms with van der Waals surface area (Å²) in [5.74, 6) is -0.339. The van der Waals surface area contributed by atoms with Crippen LogP contribution in [0, 0.1) is 11.3 Å². The number of allylic oxidation sites excluding steroid dienone is 2. The molecule has 1 aromatic heterocycles. The Bertz CT molecular complexity index is 1020. The van der Waals surface area contributed by atoms with E-state index in [9.17, 15) is 25.7 Å². The summed E-state index contributed by atoms with van der Waals surface area (Å²) < 4.78 is 5.80.